The van der Waals surface area contributed by atoms with Crippen LogP contribution in [0.4, 0.5) is 4.39 Å². The molecule has 0 heterocycles. The number of esters is 1. The van der Waals surface area contributed by atoms with Gasteiger partial charge in [0.2, 0.25) is 0 Å². The Hall–Kier alpha value is -1.47. The molecule has 170 valence electrons. The van der Waals surface area contributed by atoms with E-state index in [1.165, 1.54) is 31.0 Å². The smallest absolute Gasteiger partial charge is 0.309 e. The van der Waals surface area contributed by atoms with Crippen LogP contribution in [-0.2, 0) is 19.1 Å². The molecule has 0 saturated heterocycles. The molecule has 31 heavy (non-hydrogen) atoms. The highest BCUT2D eigenvalue weighted by atomic mass is 32.2. The van der Waals surface area contributed by atoms with Crippen molar-refractivity contribution in [2.75, 3.05) is 19.1 Å². The lowest BCUT2D eigenvalue weighted by Gasteiger charge is -2.61. The zero-order valence-electron chi connectivity index (χ0n) is 18.5. The second kappa shape index (κ2) is 7.55. The maximum absolute atomic E-state index is 17.1. The van der Waals surface area contributed by atoms with Crippen molar-refractivity contribution in [1.29, 1.82) is 0 Å². The van der Waals surface area contributed by atoms with E-state index in [4.69, 9.17) is 4.74 Å². The number of rotatable bonds is 4. The second-order valence-corrected chi connectivity index (χ2v) is 11.0. The van der Waals surface area contributed by atoms with Crippen molar-refractivity contribution in [1.82, 2.24) is 0 Å². The number of fused-ring (bicyclic) bond motifs is 5. The largest absolute Gasteiger partial charge is 0.469 e. The van der Waals surface area contributed by atoms with E-state index >= 15 is 4.39 Å². The summed E-state index contributed by atoms with van der Waals surface area (Å²) in [4.78, 5) is 37.8. The Morgan fingerprint density at radius 1 is 1.32 bits per heavy atom. The molecule has 4 aliphatic rings. The van der Waals surface area contributed by atoms with Crippen molar-refractivity contribution in [3.05, 3.63) is 23.8 Å². The average molecular weight is 451 g/mol. The van der Waals surface area contributed by atoms with Crippen molar-refractivity contribution in [2.24, 2.45) is 34.5 Å². The van der Waals surface area contributed by atoms with Crippen LogP contribution in [0.3, 0.4) is 0 Å². The molecule has 0 bridgehead atoms. The molecule has 4 aliphatic carbocycles. The minimum Gasteiger partial charge on any atom is -0.469 e. The van der Waals surface area contributed by atoms with Gasteiger partial charge in [0.1, 0.15) is 5.78 Å². The molecule has 0 aliphatic heterocycles. The molecule has 3 saturated carbocycles. The van der Waals surface area contributed by atoms with Crippen LogP contribution in [0, 0.1) is 34.5 Å². The lowest BCUT2D eigenvalue weighted by atomic mass is 9.45. The number of halogens is 1. The minimum atomic E-state index is -1.96. The number of hydrogen-bond acceptors (Lipinski definition) is 6. The third-order valence-electron chi connectivity index (χ3n) is 8.83. The van der Waals surface area contributed by atoms with Crippen LogP contribution in [-0.4, -0.2) is 53.5 Å². The average Bonchev–Trinajstić information content (AvgIpc) is 3.02. The molecule has 0 aromatic heterocycles. The number of ketones is 2. The monoisotopic (exact) mass is 450 g/mol. The van der Waals surface area contributed by atoms with Gasteiger partial charge in [-0.2, -0.15) is 11.8 Å². The number of methoxy groups -OCH3 is 1. The lowest BCUT2D eigenvalue weighted by Crippen LogP contribution is -2.66. The topological polar surface area (TPSA) is 80.7 Å². The van der Waals surface area contributed by atoms with E-state index in [0.717, 1.165) is 5.57 Å². The van der Waals surface area contributed by atoms with Crippen LogP contribution in [0.2, 0.25) is 0 Å². The molecule has 7 heteroatoms. The summed E-state index contributed by atoms with van der Waals surface area (Å²) >= 11 is 1.41. The van der Waals surface area contributed by atoms with Gasteiger partial charge in [0.15, 0.2) is 11.5 Å². The lowest BCUT2D eigenvalue weighted by molar-refractivity contribution is -0.195. The zero-order chi connectivity index (χ0) is 22.8. The summed E-state index contributed by atoms with van der Waals surface area (Å²) in [5, 5.41) is 11.3. The van der Waals surface area contributed by atoms with E-state index in [0.29, 0.717) is 19.3 Å². The number of ether oxygens (including phenoxy) is 1. The third kappa shape index (κ3) is 2.95. The SMILES string of the molecule is COC(=O)C1C[C@H]2[C@@H]3CCC4=CC(=O)C=C[C@]4(C)[C@@]3(F)[C@@H](O)C[C@]2(C)[C@H]1C(=O)CSC. The molecule has 0 radical (unpaired) electrons. The number of thioether (sulfide) groups is 1. The molecular formula is C24H31FO5S. The molecule has 3 fully saturated rings. The van der Waals surface area contributed by atoms with Gasteiger partial charge in [-0.25, -0.2) is 4.39 Å². The van der Waals surface area contributed by atoms with E-state index in [-0.39, 0.29) is 29.7 Å². The molecule has 0 aromatic carbocycles. The Morgan fingerprint density at radius 2 is 2.03 bits per heavy atom. The van der Waals surface area contributed by atoms with Crippen LogP contribution >= 0.6 is 11.8 Å². The molecule has 0 spiro atoms. The van der Waals surface area contributed by atoms with Gasteiger partial charge >= 0.3 is 5.97 Å². The number of hydrogen-bond donors (Lipinski definition) is 1. The maximum atomic E-state index is 17.1. The van der Waals surface area contributed by atoms with Gasteiger partial charge in [0.05, 0.1) is 24.9 Å². The highest BCUT2D eigenvalue weighted by Crippen LogP contribution is 2.70. The summed E-state index contributed by atoms with van der Waals surface area (Å²) in [7, 11) is 1.32. The van der Waals surface area contributed by atoms with Crippen molar-refractivity contribution in [2.45, 2.75) is 51.3 Å². The molecule has 5 nitrogen and oxygen atoms in total. The standard InChI is InChI=1S/C24H31FO5S/c1-22-11-19(28)24(25)16(6-5-13-9-14(26)7-8-23(13,24)2)17(22)10-15(21(29)30-3)20(22)18(27)12-31-4/h7-9,15-17,19-20,28H,5-6,10-12H2,1-4H3/t15?,16-,17-,19-,20+,22-,23-,24-/m0/s1. The first-order valence-electron chi connectivity index (χ1n) is 10.9. The third-order valence-corrected chi connectivity index (χ3v) is 9.41. The molecule has 0 amide bonds. The number of allylic oxidation sites excluding steroid dienone is 4. The summed E-state index contributed by atoms with van der Waals surface area (Å²) in [5.41, 5.74) is -3.00. The number of Topliss-reactive ketones (excluding diaryl/α,β-unsaturated/α-hetero) is 1. The predicted octanol–water partition coefficient (Wildman–Crippen LogP) is 3.30. The van der Waals surface area contributed by atoms with E-state index in [1.807, 2.05) is 13.2 Å². The van der Waals surface area contributed by atoms with Gasteiger partial charge in [-0.15, -0.1) is 0 Å². The van der Waals surface area contributed by atoms with Crippen LogP contribution < -0.4 is 0 Å². The first-order valence-corrected chi connectivity index (χ1v) is 12.3. The van der Waals surface area contributed by atoms with Crippen molar-refractivity contribution >= 4 is 29.3 Å². The second-order valence-electron chi connectivity index (χ2n) is 10.1. The Kier molecular flexibility index (Phi) is 5.53. The van der Waals surface area contributed by atoms with E-state index < -0.39 is 46.3 Å². The fourth-order valence-corrected chi connectivity index (χ4v) is 7.93. The molecule has 1 N–H and O–H groups in total. The first-order chi connectivity index (χ1) is 14.5. The number of carbonyl (C=O) groups excluding carboxylic acids is 3. The Balaban J connectivity index is 1.80. The first kappa shape index (κ1) is 22.7. The number of alkyl halides is 1. The van der Waals surface area contributed by atoms with Crippen LogP contribution in [0.5, 0.6) is 0 Å². The van der Waals surface area contributed by atoms with E-state index in [9.17, 15) is 19.5 Å². The van der Waals surface area contributed by atoms with Gasteiger partial charge in [-0.05, 0) is 62.3 Å². The number of aliphatic hydroxyl groups excluding tert-OH is 1. The van der Waals surface area contributed by atoms with Gasteiger partial charge in [-0.3, -0.25) is 14.4 Å². The van der Waals surface area contributed by atoms with Crippen molar-refractivity contribution in [3.8, 4) is 0 Å². The van der Waals surface area contributed by atoms with Crippen molar-refractivity contribution in [3.63, 3.8) is 0 Å². The summed E-state index contributed by atoms with van der Waals surface area (Å²) in [6.07, 6.45) is 6.59. The fourth-order valence-electron chi connectivity index (χ4n) is 7.47. The quantitative estimate of drug-likeness (QED) is 0.662. The fraction of sp³-hybridized carbons (Fsp3) is 0.708. The Bertz CT molecular complexity index is 883. The Labute approximate surface area is 186 Å². The molecule has 8 atom stereocenters. The van der Waals surface area contributed by atoms with Gasteiger partial charge < -0.3 is 9.84 Å². The number of carbonyl (C=O) groups is 3. The molecule has 4 rings (SSSR count). The van der Waals surface area contributed by atoms with Crippen molar-refractivity contribution < 1.29 is 28.6 Å². The van der Waals surface area contributed by atoms with Gasteiger partial charge in [0.25, 0.3) is 0 Å². The van der Waals surface area contributed by atoms with Crippen LogP contribution in [0.15, 0.2) is 23.8 Å². The van der Waals surface area contributed by atoms with Crippen LogP contribution in [0.1, 0.15) is 39.5 Å². The van der Waals surface area contributed by atoms with Crippen LogP contribution in [0.25, 0.3) is 0 Å². The molecule has 1 unspecified atom stereocenters. The Morgan fingerprint density at radius 3 is 2.68 bits per heavy atom. The zero-order valence-corrected chi connectivity index (χ0v) is 19.3. The van der Waals surface area contributed by atoms with E-state index in [1.54, 1.807) is 13.0 Å². The molecule has 0 aromatic rings. The predicted molar refractivity (Wildman–Crippen MR) is 116 cm³/mol. The van der Waals surface area contributed by atoms with Gasteiger partial charge in [-0.1, -0.05) is 18.6 Å². The molecular weight excluding hydrogens is 419 g/mol. The highest BCUT2D eigenvalue weighted by Gasteiger charge is 2.72. The van der Waals surface area contributed by atoms with E-state index in [2.05, 4.69) is 0 Å². The van der Waals surface area contributed by atoms with Gasteiger partial charge in [0, 0.05) is 17.3 Å². The normalized spacial score (nSPS) is 45.9. The number of aliphatic hydroxyl groups is 1. The summed E-state index contributed by atoms with van der Waals surface area (Å²) < 4.78 is 22.1. The maximum Gasteiger partial charge on any atom is 0.309 e. The minimum absolute atomic E-state index is 0.0303. The summed E-state index contributed by atoms with van der Waals surface area (Å²) in [6, 6.07) is 0. The summed E-state index contributed by atoms with van der Waals surface area (Å²) in [5.74, 6) is -2.30. The highest BCUT2D eigenvalue weighted by molar-refractivity contribution is 7.99. The summed E-state index contributed by atoms with van der Waals surface area (Å²) in [6.45, 7) is 3.71.